The van der Waals surface area contributed by atoms with Gasteiger partial charge in [0.25, 0.3) is 0 Å². The molecule has 1 N–H and O–H groups in total. The van der Waals surface area contributed by atoms with Gasteiger partial charge in [-0.3, -0.25) is 4.79 Å². The highest BCUT2D eigenvalue weighted by molar-refractivity contribution is 7.99. The molecule has 0 radical (unpaired) electrons. The first-order chi connectivity index (χ1) is 7.25. The number of rotatable bonds is 6. The number of hydrogen-bond acceptors (Lipinski definition) is 5. The molecule has 0 unspecified atom stereocenters. The summed E-state index contributed by atoms with van der Waals surface area (Å²) in [6, 6.07) is 0. The molecule has 15 heavy (non-hydrogen) atoms. The molecule has 7 heteroatoms. The highest BCUT2D eigenvalue weighted by atomic mass is 32.2. The predicted molar refractivity (Wildman–Crippen MR) is 53.5 cm³/mol. The summed E-state index contributed by atoms with van der Waals surface area (Å²) in [5.74, 6) is -0.0210. The van der Waals surface area contributed by atoms with Crippen molar-refractivity contribution in [1.82, 2.24) is 20.2 Å². The molecule has 1 saturated carbocycles. The van der Waals surface area contributed by atoms with Crippen LogP contribution in [0.15, 0.2) is 5.16 Å². The molecule has 1 aromatic rings. The summed E-state index contributed by atoms with van der Waals surface area (Å²) in [5.41, 5.74) is 0. The summed E-state index contributed by atoms with van der Waals surface area (Å²) < 4.78 is 1.69. The number of aromatic nitrogens is 4. The van der Waals surface area contributed by atoms with Gasteiger partial charge in [0.2, 0.25) is 5.16 Å². The maximum absolute atomic E-state index is 10.4. The van der Waals surface area contributed by atoms with Gasteiger partial charge in [-0.25, -0.2) is 4.68 Å². The van der Waals surface area contributed by atoms with Gasteiger partial charge in [-0.05, 0) is 22.8 Å². The molecular formula is C8H12N4O2S. The lowest BCUT2D eigenvalue weighted by Gasteiger charge is -2.01. The molecule has 1 aromatic heterocycles. The fourth-order valence-electron chi connectivity index (χ4n) is 1.28. The third-order valence-corrected chi connectivity index (χ3v) is 3.21. The van der Waals surface area contributed by atoms with Crippen LogP contribution in [0, 0.1) is 5.92 Å². The molecule has 1 aliphatic rings. The quantitative estimate of drug-likeness (QED) is 0.720. The van der Waals surface area contributed by atoms with Crippen LogP contribution < -0.4 is 0 Å². The van der Waals surface area contributed by atoms with E-state index in [2.05, 4.69) is 15.5 Å². The highest BCUT2D eigenvalue weighted by Crippen LogP contribution is 2.32. The van der Waals surface area contributed by atoms with Gasteiger partial charge >= 0.3 is 5.97 Å². The van der Waals surface area contributed by atoms with Gasteiger partial charge in [-0.15, -0.1) is 5.10 Å². The van der Waals surface area contributed by atoms with E-state index in [9.17, 15) is 4.79 Å². The molecular weight excluding hydrogens is 216 g/mol. The molecule has 2 rings (SSSR count). The van der Waals surface area contributed by atoms with E-state index in [0.29, 0.717) is 5.16 Å². The topological polar surface area (TPSA) is 80.9 Å². The Morgan fingerprint density at radius 1 is 1.60 bits per heavy atom. The van der Waals surface area contributed by atoms with Gasteiger partial charge in [-0.1, -0.05) is 24.6 Å². The minimum Gasteiger partial charge on any atom is -0.481 e. The molecule has 0 bridgehead atoms. The van der Waals surface area contributed by atoms with E-state index in [1.165, 1.54) is 12.8 Å². The largest absolute Gasteiger partial charge is 0.481 e. The van der Waals surface area contributed by atoms with Crippen molar-refractivity contribution in [3.8, 4) is 0 Å². The Morgan fingerprint density at radius 3 is 3.07 bits per heavy atom. The predicted octanol–water partition coefficient (Wildman–Crippen LogP) is 0.650. The molecule has 0 saturated heterocycles. The van der Waals surface area contributed by atoms with E-state index in [0.717, 1.165) is 30.6 Å². The normalized spacial score (nSPS) is 15.5. The lowest BCUT2D eigenvalue weighted by Crippen LogP contribution is -2.05. The second-order valence-corrected chi connectivity index (χ2v) is 4.54. The van der Waals surface area contributed by atoms with Crippen molar-refractivity contribution in [3.05, 3.63) is 0 Å². The van der Waals surface area contributed by atoms with E-state index >= 15 is 0 Å². The first-order valence-electron chi connectivity index (χ1n) is 4.86. The Kier molecular flexibility index (Phi) is 3.20. The van der Waals surface area contributed by atoms with Crippen molar-refractivity contribution in [2.45, 2.75) is 31.0 Å². The van der Waals surface area contributed by atoms with Crippen LogP contribution in [0.5, 0.6) is 0 Å². The Labute approximate surface area is 91.0 Å². The van der Waals surface area contributed by atoms with Gasteiger partial charge in [0.15, 0.2) is 0 Å². The zero-order valence-electron chi connectivity index (χ0n) is 8.17. The number of hydrogen-bond donors (Lipinski definition) is 1. The monoisotopic (exact) mass is 228 g/mol. The van der Waals surface area contributed by atoms with Gasteiger partial charge in [-0.2, -0.15) is 0 Å². The van der Waals surface area contributed by atoms with Crippen LogP contribution in [0.2, 0.25) is 0 Å². The summed E-state index contributed by atoms with van der Waals surface area (Å²) in [7, 11) is 0. The average Bonchev–Trinajstić information content (AvgIpc) is 2.92. The molecule has 0 amide bonds. The summed E-state index contributed by atoms with van der Waals surface area (Å²) in [6.45, 7) is 0.791. The third kappa shape index (κ3) is 3.19. The summed E-state index contributed by atoms with van der Waals surface area (Å²) >= 11 is 1.16. The van der Waals surface area contributed by atoms with Crippen LogP contribution in [0.4, 0.5) is 0 Å². The van der Waals surface area contributed by atoms with Crippen LogP contribution in [0.1, 0.15) is 19.3 Å². The van der Waals surface area contributed by atoms with E-state index < -0.39 is 5.97 Å². The maximum atomic E-state index is 10.4. The molecule has 0 spiro atoms. The molecule has 1 aliphatic carbocycles. The van der Waals surface area contributed by atoms with Gasteiger partial charge < -0.3 is 5.11 Å². The molecule has 0 aromatic carbocycles. The average molecular weight is 228 g/mol. The first-order valence-corrected chi connectivity index (χ1v) is 5.85. The second kappa shape index (κ2) is 4.61. The Morgan fingerprint density at radius 2 is 2.40 bits per heavy atom. The van der Waals surface area contributed by atoms with Gasteiger partial charge in [0.1, 0.15) is 0 Å². The summed E-state index contributed by atoms with van der Waals surface area (Å²) in [6.07, 6.45) is 3.70. The number of carboxylic acids is 1. The number of thioether (sulfide) groups is 1. The van der Waals surface area contributed by atoms with Crippen LogP contribution in [0.3, 0.4) is 0 Å². The summed E-state index contributed by atoms with van der Waals surface area (Å²) in [5, 5.41) is 20.3. The molecule has 82 valence electrons. The second-order valence-electron chi connectivity index (χ2n) is 3.60. The van der Waals surface area contributed by atoms with Gasteiger partial charge in [0, 0.05) is 6.54 Å². The first kappa shape index (κ1) is 10.4. The lowest BCUT2D eigenvalue weighted by molar-refractivity contribution is -0.133. The van der Waals surface area contributed by atoms with Crippen LogP contribution in [0.25, 0.3) is 0 Å². The minimum absolute atomic E-state index is 0.00377. The lowest BCUT2D eigenvalue weighted by atomic mass is 10.3. The van der Waals surface area contributed by atoms with Crippen molar-refractivity contribution >= 4 is 17.7 Å². The van der Waals surface area contributed by atoms with Crippen molar-refractivity contribution in [2.24, 2.45) is 5.92 Å². The fraction of sp³-hybridized carbons (Fsp3) is 0.750. The Hall–Kier alpha value is -1.11. The van der Waals surface area contributed by atoms with Crippen molar-refractivity contribution in [1.29, 1.82) is 0 Å². The number of nitrogens with zero attached hydrogens (tertiary/aromatic N) is 4. The van der Waals surface area contributed by atoms with Crippen molar-refractivity contribution in [2.75, 3.05) is 5.75 Å². The van der Waals surface area contributed by atoms with E-state index in [-0.39, 0.29) is 5.75 Å². The molecule has 6 nitrogen and oxygen atoms in total. The van der Waals surface area contributed by atoms with E-state index in [1.54, 1.807) is 4.68 Å². The Balaban J connectivity index is 1.85. The van der Waals surface area contributed by atoms with Crippen molar-refractivity contribution < 1.29 is 9.90 Å². The van der Waals surface area contributed by atoms with Crippen LogP contribution in [-0.4, -0.2) is 37.0 Å². The third-order valence-electron chi connectivity index (χ3n) is 2.27. The number of carboxylic acid groups (broad SMARTS) is 1. The van der Waals surface area contributed by atoms with Gasteiger partial charge in [0.05, 0.1) is 5.75 Å². The maximum Gasteiger partial charge on any atom is 0.313 e. The van der Waals surface area contributed by atoms with Crippen LogP contribution in [-0.2, 0) is 11.3 Å². The fourth-order valence-corrected chi connectivity index (χ4v) is 1.90. The summed E-state index contributed by atoms with van der Waals surface area (Å²) in [4.78, 5) is 10.4. The SMILES string of the molecule is O=C(O)CSc1nnnn1CCC1CC1. The zero-order chi connectivity index (χ0) is 10.7. The Bertz CT molecular complexity index is 350. The molecule has 0 atom stereocenters. The minimum atomic E-state index is -0.850. The van der Waals surface area contributed by atoms with E-state index in [4.69, 9.17) is 5.11 Å². The number of aryl methyl sites for hydroxylation is 1. The highest BCUT2D eigenvalue weighted by Gasteiger charge is 2.21. The number of tetrazole rings is 1. The molecule has 0 aliphatic heterocycles. The molecule has 1 heterocycles. The van der Waals surface area contributed by atoms with Crippen LogP contribution >= 0.6 is 11.8 Å². The van der Waals surface area contributed by atoms with Crippen molar-refractivity contribution in [3.63, 3.8) is 0 Å². The molecule has 1 fully saturated rings. The number of carbonyl (C=O) groups is 1. The smallest absolute Gasteiger partial charge is 0.313 e. The standard InChI is InChI=1S/C8H12N4O2S/c13-7(14)5-15-8-9-10-11-12(8)4-3-6-1-2-6/h6H,1-5H2,(H,13,14). The zero-order valence-corrected chi connectivity index (χ0v) is 8.98. The number of aliphatic carboxylic acids is 1. The van der Waals surface area contributed by atoms with E-state index in [1.807, 2.05) is 0 Å².